The van der Waals surface area contributed by atoms with Crippen LogP contribution in [0.25, 0.3) is 0 Å². The van der Waals surface area contributed by atoms with Crippen LogP contribution in [0.4, 0.5) is 5.69 Å². The molecule has 0 aliphatic carbocycles. The molecule has 1 aliphatic heterocycles. The first kappa shape index (κ1) is 14.6. The summed E-state index contributed by atoms with van der Waals surface area (Å²) < 4.78 is 5.42. The highest BCUT2D eigenvalue weighted by molar-refractivity contribution is 6.29. The number of hydrogen-bond donors (Lipinski definition) is 2. The Morgan fingerprint density at radius 2 is 2.50 bits per heavy atom. The number of hydrogen-bond acceptors (Lipinski definition) is 6. The SMILES string of the molecule is O=C(NCC1CNCCO1)c1cc(Cl)ncc1[N+](=O)[O-]. The van der Waals surface area contributed by atoms with Crippen molar-refractivity contribution in [1.82, 2.24) is 15.6 Å². The average Bonchev–Trinajstić information content (AvgIpc) is 2.45. The third-order valence-electron chi connectivity index (χ3n) is 2.79. The van der Waals surface area contributed by atoms with E-state index in [4.69, 9.17) is 16.3 Å². The number of rotatable bonds is 4. The van der Waals surface area contributed by atoms with Crippen molar-refractivity contribution in [1.29, 1.82) is 0 Å². The van der Waals surface area contributed by atoms with E-state index in [1.165, 1.54) is 6.07 Å². The van der Waals surface area contributed by atoms with E-state index < -0.39 is 10.8 Å². The van der Waals surface area contributed by atoms with Crippen molar-refractivity contribution in [2.75, 3.05) is 26.2 Å². The Kier molecular flexibility index (Phi) is 4.83. The van der Waals surface area contributed by atoms with Crippen LogP contribution in [0.5, 0.6) is 0 Å². The molecular formula is C11H13ClN4O4. The standard InChI is InChI=1S/C11H13ClN4O4/c12-10-3-8(9(6-14-10)16(18)19)11(17)15-5-7-4-13-1-2-20-7/h3,6-7,13H,1-2,4-5H2,(H,15,17). The minimum Gasteiger partial charge on any atom is -0.374 e. The second kappa shape index (κ2) is 6.60. The van der Waals surface area contributed by atoms with E-state index in [0.29, 0.717) is 13.2 Å². The van der Waals surface area contributed by atoms with Gasteiger partial charge in [0, 0.05) is 19.6 Å². The van der Waals surface area contributed by atoms with Crippen molar-refractivity contribution < 1.29 is 14.5 Å². The molecule has 1 fully saturated rings. The summed E-state index contributed by atoms with van der Waals surface area (Å²) in [4.78, 5) is 25.8. The molecule has 0 saturated carbocycles. The lowest BCUT2D eigenvalue weighted by molar-refractivity contribution is -0.385. The lowest BCUT2D eigenvalue weighted by Gasteiger charge is -2.23. The number of pyridine rings is 1. The summed E-state index contributed by atoms with van der Waals surface area (Å²) in [7, 11) is 0. The molecule has 8 nitrogen and oxygen atoms in total. The summed E-state index contributed by atoms with van der Waals surface area (Å²) in [6.45, 7) is 2.24. The van der Waals surface area contributed by atoms with E-state index in [-0.39, 0.29) is 29.1 Å². The Balaban J connectivity index is 2.04. The number of aromatic nitrogens is 1. The fourth-order valence-corrected chi connectivity index (χ4v) is 1.96. The van der Waals surface area contributed by atoms with E-state index >= 15 is 0 Å². The van der Waals surface area contributed by atoms with Crippen LogP contribution in [0.3, 0.4) is 0 Å². The Morgan fingerprint density at radius 1 is 1.70 bits per heavy atom. The molecule has 108 valence electrons. The van der Waals surface area contributed by atoms with Crippen molar-refractivity contribution in [2.45, 2.75) is 6.10 Å². The van der Waals surface area contributed by atoms with E-state index in [1.807, 2.05) is 0 Å². The predicted molar refractivity (Wildman–Crippen MR) is 70.8 cm³/mol. The fourth-order valence-electron chi connectivity index (χ4n) is 1.80. The highest BCUT2D eigenvalue weighted by Crippen LogP contribution is 2.20. The topological polar surface area (TPSA) is 106 Å². The second-order valence-electron chi connectivity index (χ2n) is 4.19. The molecule has 2 N–H and O–H groups in total. The molecule has 1 aliphatic rings. The number of nitrogens with one attached hydrogen (secondary N) is 2. The van der Waals surface area contributed by atoms with Crippen molar-refractivity contribution in [3.05, 3.63) is 33.1 Å². The first-order valence-electron chi connectivity index (χ1n) is 5.98. The van der Waals surface area contributed by atoms with Crippen LogP contribution in [0.2, 0.25) is 5.15 Å². The van der Waals surface area contributed by atoms with Gasteiger partial charge in [-0.15, -0.1) is 0 Å². The third-order valence-corrected chi connectivity index (χ3v) is 2.99. The van der Waals surface area contributed by atoms with Crippen LogP contribution in [0.15, 0.2) is 12.3 Å². The fraction of sp³-hybridized carbons (Fsp3) is 0.455. The maximum absolute atomic E-state index is 12.0. The molecular weight excluding hydrogens is 288 g/mol. The van der Waals surface area contributed by atoms with Gasteiger partial charge in [-0.1, -0.05) is 11.6 Å². The van der Waals surface area contributed by atoms with Gasteiger partial charge in [0.05, 0.1) is 17.6 Å². The molecule has 0 bridgehead atoms. The molecule has 1 amide bonds. The number of nitrogens with zero attached hydrogens (tertiary/aromatic N) is 2. The Hall–Kier alpha value is -1.77. The monoisotopic (exact) mass is 300 g/mol. The maximum atomic E-state index is 12.0. The zero-order chi connectivity index (χ0) is 14.5. The summed E-state index contributed by atoms with van der Waals surface area (Å²) in [6, 6.07) is 1.18. The molecule has 0 aromatic carbocycles. The first-order chi connectivity index (χ1) is 9.58. The number of halogens is 1. The maximum Gasteiger partial charge on any atom is 0.300 e. The number of carbonyl (C=O) groups excluding carboxylic acids is 1. The van der Waals surface area contributed by atoms with Gasteiger partial charge in [-0.05, 0) is 6.07 Å². The highest BCUT2D eigenvalue weighted by Gasteiger charge is 2.22. The molecule has 1 saturated heterocycles. The Morgan fingerprint density at radius 3 is 3.15 bits per heavy atom. The van der Waals surface area contributed by atoms with Gasteiger partial charge >= 0.3 is 0 Å². The van der Waals surface area contributed by atoms with E-state index in [1.54, 1.807) is 0 Å². The number of nitro groups is 1. The number of carbonyl (C=O) groups is 1. The van der Waals surface area contributed by atoms with Crippen LogP contribution in [0, 0.1) is 10.1 Å². The summed E-state index contributed by atoms with van der Waals surface area (Å²) in [5, 5.41) is 16.6. The van der Waals surface area contributed by atoms with Gasteiger partial charge in [0.1, 0.15) is 16.9 Å². The van der Waals surface area contributed by atoms with Crippen molar-refractivity contribution >= 4 is 23.2 Å². The van der Waals surface area contributed by atoms with Crippen LogP contribution in [0.1, 0.15) is 10.4 Å². The van der Waals surface area contributed by atoms with Gasteiger partial charge in [0.25, 0.3) is 11.6 Å². The first-order valence-corrected chi connectivity index (χ1v) is 6.36. The van der Waals surface area contributed by atoms with Gasteiger partial charge in [0.15, 0.2) is 0 Å². The molecule has 20 heavy (non-hydrogen) atoms. The number of morpholine rings is 1. The van der Waals surface area contributed by atoms with Crippen LogP contribution in [-0.4, -0.2) is 48.2 Å². The quantitative estimate of drug-likeness (QED) is 0.472. The van der Waals surface area contributed by atoms with Gasteiger partial charge in [0.2, 0.25) is 0 Å². The molecule has 9 heteroatoms. The second-order valence-corrected chi connectivity index (χ2v) is 4.58. The zero-order valence-electron chi connectivity index (χ0n) is 10.5. The molecule has 2 heterocycles. The van der Waals surface area contributed by atoms with E-state index in [2.05, 4.69) is 15.6 Å². The summed E-state index contributed by atoms with van der Waals surface area (Å²) in [6.07, 6.45) is 0.819. The zero-order valence-corrected chi connectivity index (χ0v) is 11.2. The molecule has 1 atom stereocenters. The van der Waals surface area contributed by atoms with Crippen molar-refractivity contribution in [3.63, 3.8) is 0 Å². The molecule has 1 aromatic rings. The van der Waals surface area contributed by atoms with Gasteiger partial charge < -0.3 is 15.4 Å². The molecule has 0 spiro atoms. The summed E-state index contributed by atoms with van der Waals surface area (Å²) >= 11 is 5.67. The summed E-state index contributed by atoms with van der Waals surface area (Å²) in [5.41, 5.74) is -0.492. The normalized spacial score (nSPS) is 18.6. The highest BCUT2D eigenvalue weighted by atomic mass is 35.5. The number of amides is 1. The van der Waals surface area contributed by atoms with Crippen molar-refractivity contribution in [3.8, 4) is 0 Å². The van der Waals surface area contributed by atoms with Gasteiger partial charge in [-0.3, -0.25) is 14.9 Å². The lowest BCUT2D eigenvalue weighted by atomic mass is 10.2. The van der Waals surface area contributed by atoms with Crippen LogP contribution in [-0.2, 0) is 4.74 Å². The van der Waals surface area contributed by atoms with Crippen LogP contribution >= 0.6 is 11.6 Å². The van der Waals surface area contributed by atoms with Crippen molar-refractivity contribution in [2.24, 2.45) is 0 Å². The molecule has 2 rings (SSSR count). The Labute approximate surface area is 119 Å². The minimum atomic E-state index is -0.670. The lowest BCUT2D eigenvalue weighted by Crippen LogP contribution is -2.45. The van der Waals surface area contributed by atoms with Gasteiger partial charge in [-0.2, -0.15) is 0 Å². The minimum absolute atomic E-state index is 0.0244. The molecule has 1 aromatic heterocycles. The third kappa shape index (κ3) is 3.62. The predicted octanol–water partition coefficient (Wildman–Crippen LogP) is 0.361. The van der Waals surface area contributed by atoms with E-state index in [0.717, 1.165) is 12.7 Å². The largest absolute Gasteiger partial charge is 0.374 e. The average molecular weight is 301 g/mol. The number of ether oxygens (including phenoxy) is 1. The smallest absolute Gasteiger partial charge is 0.300 e. The van der Waals surface area contributed by atoms with E-state index in [9.17, 15) is 14.9 Å². The molecule has 0 radical (unpaired) electrons. The Bertz CT molecular complexity index is 519. The summed E-state index contributed by atoms with van der Waals surface area (Å²) in [5.74, 6) is -0.574. The van der Waals surface area contributed by atoms with Crippen LogP contribution < -0.4 is 10.6 Å². The molecule has 1 unspecified atom stereocenters. The van der Waals surface area contributed by atoms with Gasteiger partial charge in [-0.25, -0.2) is 4.98 Å².